The number of carbonyl (C=O) groups is 1. The van der Waals surface area contributed by atoms with Crippen molar-refractivity contribution in [2.24, 2.45) is 0 Å². The molecule has 1 aromatic rings. The molecule has 0 aromatic heterocycles. The summed E-state index contributed by atoms with van der Waals surface area (Å²) in [6, 6.07) is 9.37. The van der Waals surface area contributed by atoms with E-state index in [4.69, 9.17) is 0 Å². The van der Waals surface area contributed by atoms with Gasteiger partial charge in [0.15, 0.2) is 0 Å². The van der Waals surface area contributed by atoms with E-state index in [1.807, 2.05) is 30.3 Å². The molecule has 0 saturated heterocycles. The van der Waals surface area contributed by atoms with Crippen LogP contribution in [0.3, 0.4) is 0 Å². The predicted molar refractivity (Wildman–Crippen MR) is 51.6 cm³/mol. The Morgan fingerprint density at radius 3 is 2.17 bits per heavy atom. The smallest absolute Gasteiger partial charge is 0.221 e. The highest BCUT2D eigenvalue weighted by Gasteiger charge is 1.90. The van der Waals surface area contributed by atoms with Gasteiger partial charge < -0.3 is 10.8 Å². The monoisotopic (exact) mass is 189 g/mol. The summed E-state index contributed by atoms with van der Waals surface area (Å²) in [7, 11) is 0. The quantitative estimate of drug-likeness (QED) is 0.710. The molecule has 0 saturated carbocycles. The average Bonchev–Trinajstić information content (AvgIpc) is 1.88. The summed E-state index contributed by atoms with van der Waals surface area (Å²) in [5.74, 6) is -0.0359. The van der Waals surface area contributed by atoms with Crippen LogP contribution in [-0.4, -0.2) is 11.4 Å². The molecule has 1 aromatic carbocycles. The Hall–Kier alpha value is -1.06. The second-order valence-electron chi connectivity index (χ2n) is 2.05. The van der Waals surface area contributed by atoms with Crippen LogP contribution in [0.25, 0.3) is 0 Å². The maximum Gasteiger partial charge on any atom is 0.221 e. The van der Waals surface area contributed by atoms with E-state index in [1.165, 1.54) is 6.92 Å². The van der Waals surface area contributed by atoms with Gasteiger partial charge in [0.1, 0.15) is 0 Å². The maximum absolute atomic E-state index is 10.5. The van der Waals surface area contributed by atoms with E-state index in [0.717, 1.165) is 5.69 Å². The van der Waals surface area contributed by atoms with Crippen molar-refractivity contribution < 1.29 is 10.3 Å². The Kier molecular flexibility index (Phi) is 7.48. The van der Waals surface area contributed by atoms with Crippen LogP contribution in [0.15, 0.2) is 30.3 Å². The van der Waals surface area contributed by atoms with Crippen molar-refractivity contribution in [1.29, 1.82) is 0 Å². The highest BCUT2D eigenvalue weighted by atomic mass is 35.5. The van der Waals surface area contributed by atoms with Gasteiger partial charge in [0.25, 0.3) is 0 Å². The van der Waals surface area contributed by atoms with Crippen LogP contribution in [0.4, 0.5) is 5.69 Å². The molecule has 0 radical (unpaired) electrons. The first-order chi connectivity index (χ1) is 4.79. The number of nitrogens with one attached hydrogen (secondary N) is 1. The van der Waals surface area contributed by atoms with Crippen molar-refractivity contribution in [2.75, 3.05) is 5.32 Å². The molecule has 1 amide bonds. The standard InChI is InChI=1S/C8H9NO.ClH.H2O/c1-7(10)9-8-5-3-2-4-6-8;;/h2-6H,1H3,(H,9,10);1H;1H2. The Bertz CT molecular complexity index is 226. The number of hydrogen-bond acceptors (Lipinski definition) is 1. The Labute approximate surface area is 77.5 Å². The first-order valence-corrected chi connectivity index (χ1v) is 3.11. The zero-order valence-electron chi connectivity index (χ0n) is 6.70. The molecular formula is C8H12ClNO2. The van der Waals surface area contributed by atoms with Gasteiger partial charge >= 0.3 is 0 Å². The molecule has 0 heterocycles. The molecule has 0 aliphatic rings. The fraction of sp³-hybridized carbons (Fsp3) is 0.125. The zero-order valence-corrected chi connectivity index (χ0v) is 7.52. The van der Waals surface area contributed by atoms with Gasteiger partial charge in [0.2, 0.25) is 5.91 Å². The number of rotatable bonds is 1. The van der Waals surface area contributed by atoms with Gasteiger partial charge in [0, 0.05) is 12.6 Å². The van der Waals surface area contributed by atoms with Crippen LogP contribution >= 0.6 is 12.4 Å². The molecule has 4 heteroatoms. The summed E-state index contributed by atoms with van der Waals surface area (Å²) in [5, 5.41) is 2.67. The highest BCUT2D eigenvalue weighted by molar-refractivity contribution is 5.88. The van der Waals surface area contributed by atoms with E-state index in [0.29, 0.717) is 0 Å². The normalized spacial score (nSPS) is 7.42. The number of anilines is 1. The Morgan fingerprint density at radius 1 is 1.25 bits per heavy atom. The van der Waals surface area contributed by atoms with E-state index in [1.54, 1.807) is 0 Å². The Morgan fingerprint density at radius 2 is 1.75 bits per heavy atom. The van der Waals surface area contributed by atoms with Gasteiger partial charge in [-0.15, -0.1) is 12.4 Å². The minimum atomic E-state index is -0.0359. The highest BCUT2D eigenvalue weighted by Crippen LogP contribution is 2.03. The van der Waals surface area contributed by atoms with Crippen LogP contribution in [-0.2, 0) is 4.79 Å². The summed E-state index contributed by atoms with van der Waals surface area (Å²) in [4.78, 5) is 10.5. The van der Waals surface area contributed by atoms with E-state index in [-0.39, 0.29) is 23.8 Å². The average molecular weight is 190 g/mol. The molecule has 68 valence electrons. The minimum absolute atomic E-state index is 0. The lowest BCUT2D eigenvalue weighted by Gasteiger charge is -1.98. The van der Waals surface area contributed by atoms with Gasteiger partial charge in [0.05, 0.1) is 0 Å². The van der Waals surface area contributed by atoms with Crippen molar-refractivity contribution in [3.05, 3.63) is 30.3 Å². The largest absolute Gasteiger partial charge is 0.412 e. The van der Waals surface area contributed by atoms with Crippen LogP contribution in [0, 0.1) is 0 Å². The van der Waals surface area contributed by atoms with Gasteiger partial charge in [-0.2, -0.15) is 0 Å². The lowest BCUT2D eigenvalue weighted by atomic mass is 10.3. The summed E-state index contributed by atoms with van der Waals surface area (Å²) in [6.45, 7) is 1.49. The van der Waals surface area contributed by atoms with Crippen LogP contribution in [0.2, 0.25) is 0 Å². The van der Waals surface area contributed by atoms with Crippen molar-refractivity contribution in [2.45, 2.75) is 6.92 Å². The van der Waals surface area contributed by atoms with Gasteiger partial charge in [-0.05, 0) is 12.1 Å². The molecule has 0 aliphatic heterocycles. The Balaban J connectivity index is 0. The van der Waals surface area contributed by atoms with Crippen LogP contribution < -0.4 is 5.32 Å². The number of para-hydroxylation sites is 1. The van der Waals surface area contributed by atoms with Crippen LogP contribution in [0.1, 0.15) is 6.92 Å². The second-order valence-corrected chi connectivity index (χ2v) is 2.05. The number of halogens is 1. The maximum atomic E-state index is 10.5. The molecule has 3 N–H and O–H groups in total. The van der Waals surface area contributed by atoms with E-state index < -0.39 is 0 Å². The summed E-state index contributed by atoms with van der Waals surface area (Å²) in [6.07, 6.45) is 0. The summed E-state index contributed by atoms with van der Waals surface area (Å²) < 4.78 is 0. The van der Waals surface area contributed by atoms with Crippen molar-refractivity contribution in [1.82, 2.24) is 0 Å². The molecule has 3 nitrogen and oxygen atoms in total. The zero-order chi connectivity index (χ0) is 7.40. The summed E-state index contributed by atoms with van der Waals surface area (Å²) in [5.41, 5.74) is 0.843. The van der Waals surface area contributed by atoms with Gasteiger partial charge in [-0.25, -0.2) is 0 Å². The second kappa shape index (κ2) is 6.64. The lowest BCUT2D eigenvalue weighted by molar-refractivity contribution is -0.114. The molecule has 0 atom stereocenters. The molecule has 12 heavy (non-hydrogen) atoms. The number of carbonyl (C=O) groups excluding carboxylic acids is 1. The number of hydrogen-bond donors (Lipinski definition) is 1. The van der Waals surface area contributed by atoms with Gasteiger partial charge in [-0.3, -0.25) is 4.79 Å². The third kappa shape index (κ3) is 4.71. The number of benzene rings is 1. The van der Waals surface area contributed by atoms with Gasteiger partial charge in [-0.1, -0.05) is 18.2 Å². The fourth-order valence-corrected chi connectivity index (χ4v) is 0.725. The predicted octanol–water partition coefficient (Wildman–Crippen LogP) is 1.24. The van der Waals surface area contributed by atoms with Crippen molar-refractivity contribution in [3.63, 3.8) is 0 Å². The molecule has 0 spiro atoms. The molecular weight excluding hydrogens is 178 g/mol. The van der Waals surface area contributed by atoms with E-state index in [2.05, 4.69) is 5.32 Å². The van der Waals surface area contributed by atoms with Crippen LogP contribution in [0.5, 0.6) is 0 Å². The van der Waals surface area contributed by atoms with Crippen molar-refractivity contribution in [3.8, 4) is 0 Å². The van der Waals surface area contributed by atoms with E-state index >= 15 is 0 Å². The third-order valence-electron chi connectivity index (χ3n) is 1.09. The fourth-order valence-electron chi connectivity index (χ4n) is 0.725. The first kappa shape index (κ1) is 13.5. The molecule has 0 bridgehead atoms. The van der Waals surface area contributed by atoms with Crippen molar-refractivity contribution >= 4 is 24.0 Å². The summed E-state index contributed by atoms with van der Waals surface area (Å²) >= 11 is 0. The van der Waals surface area contributed by atoms with E-state index in [9.17, 15) is 4.79 Å². The lowest BCUT2D eigenvalue weighted by Crippen LogP contribution is -2.04. The minimum Gasteiger partial charge on any atom is -0.412 e. The SMILES string of the molecule is CC(=O)Nc1ccccc1.Cl.O. The first-order valence-electron chi connectivity index (χ1n) is 3.11. The molecule has 0 unspecified atom stereocenters. The molecule has 0 fully saturated rings. The number of amides is 1. The topological polar surface area (TPSA) is 60.6 Å². The molecule has 0 aliphatic carbocycles. The third-order valence-corrected chi connectivity index (χ3v) is 1.09. The molecule has 1 rings (SSSR count).